The summed E-state index contributed by atoms with van der Waals surface area (Å²) in [6, 6.07) is 4.58. The summed E-state index contributed by atoms with van der Waals surface area (Å²) in [5, 5.41) is 5.00. The van der Waals surface area contributed by atoms with Crippen LogP contribution in [-0.4, -0.2) is 53.8 Å². The Morgan fingerprint density at radius 2 is 1.88 bits per heavy atom. The monoisotopic (exact) mass is 471 g/mol. The van der Waals surface area contributed by atoms with Crippen LogP contribution in [0.25, 0.3) is 0 Å². The molecule has 4 amide bonds. The second-order valence-corrected chi connectivity index (χ2v) is 8.18. The van der Waals surface area contributed by atoms with Crippen molar-refractivity contribution in [2.45, 2.75) is 51.1 Å². The normalized spacial score (nSPS) is 22.8. The van der Waals surface area contributed by atoms with Crippen LogP contribution in [0, 0.1) is 5.92 Å². The molecule has 1 aromatic carbocycles. The molecule has 3 rings (SSSR count). The molecular formula is C21H24F3N3O6. The summed E-state index contributed by atoms with van der Waals surface area (Å²) in [5.74, 6) is -2.24. The van der Waals surface area contributed by atoms with E-state index in [0.717, 1.165) is 23.8 Å². The van der Waals surface area contributed by atoms with Crippen molar-refractivity contribution in [2.24, 2.45) is 5.92 Å². The second-order valence-electron chi connectivity index (χ2n) is 8.18. The Morgan fingerprint density at radius 1 is 1.21 bits per heavy atom. The Kier molecular flexibility index (Phi) is 7.13. The smallest absolute Gasteiger partial charge is 0.454 e. The van der Waals surface area contributed by atoms with E-state index in [4.69, 9.17) is 4.74 Å². The van der Waals surface area contributed by atoms with Crippen molar-refractivity contribution in [1.29, 1.82) is 0 Å². The van der Waals surface area contributed by atoms with Gasteiger partial charge in [0.2, 0.25) is 0 Å². The number of urea groups is 1. The summed E-state index contributed by atoms with van der Waals surface area (Å²) in [6.45, 7) is 0.401. The van der Waals surface area contributed by atoms with Crippen molar-refractivity contribution in [1.82, 2.24) is 15.5 Å². The molecule has 2 N–H and O–H groups in total. The molecule has 33 heavy (non-hydrogen) atoms. The highest BCUT2D eigenvalue weighted by atomic mass is 19.4. The van der Waals surface area contributed by atoms with Crippen LogP contribution in [0.2, 0.25) is 0 Å². The molecule has 1 aliphatic carbocycles. The number of esters is 1. The lowest BCUT2D eigenvalue weighted by Crippen LogP contribution is -2.49. The van der Waals surface area contributed by atoms with Crippen LogP contribution in [0.3, 0.4) is 0 Å². The van der Waals surface area contributed by atoms with Gasteiger partial charge < -0.3 is 20.1 Å². The number of rotatable bonds is 7. The van der Waals surface area contributed by atoms with E-state index in [1.54, 1.807) is 0 Å². The minimum Gasteiger partial charge on any atom is -0.454 e. The summed E-state index contributed by atoms with van der Waals surface area (Å²) in [5.41, 5.74) is -0.923. The molecule has 2 fully saturated rings. The molecule has 2 aliphatic rings. The number of para-hydroxylation sites is 1. The number of nitrogens with one attached hydrogen (secondary N) is 2. The van der Waals surface area contributed by atoms with Gasteiger partial charge in [0.1, 0.15) is 17.8 Å². The third kappa shape index (κ3) is 6.14. The Labute approximate surface area is 187 Å². The third-order valence-electron chi connectivity index (χ3n) is 5.70. The molecule has 1 saturated carbocycles. The van der Waals surface area contributed by atoms with Gasteiger partial charge in [0.25, 0.3) is 11.8 Å². The predicted octanol–water partition coefficient (Wildman–Crippen LogP) is 2.25. The summed E-state index contributed by atoms with van der Waals surface area (Å²) >= 11 is 0. The number of ether oxygens (including phenoxy) is 2. The second kappa shape index (κ2) is 9.67. The zero-order chi connectivity index (χ0) is 24.2. The van der Waals surface area contributed by atoms with E-state index in [9.17, 15) is 32.3 Å². The van der Waals surface area contributed by atoms with Crippen LogP contribution in [0.1, 0.15) is 38.2 Å². The van der Waals surface area contributed by atoms with Crippen LogP contribution in [0.4, 0.5) is 18.0 Å². The minimum atomic E-state index is -4.89. The topological polar surface area (TPSA) is 114 Å². The highest BCUT2D eigenvalue weighted by Crippen LogP contribution is 2.36. The maximum absolute atomic E-state index is 12.7. The van der Waals surface area contributed by atoms with Crippen LogP contribution in [0.5, 0.6) is 5.75 Å². The molecule has 1 spiro atoms. The van der Waals surface area contributed by atoms with Crippen LogP contribution in [0.15, 0.2) is 24.3 Å². The fraction of sp³-hybridized carbons (Fsp3) is 0.524. The van der Waals surface area contributed by atoms with E-state index < -0.39 is 54.6 Å². The van der Waals surface area contributed by atoms with Gasteiger partial charge in [0, 0.05) is 12.1 Å². The van der Waals surface area contributed by atoms with Crippen molar-refractivity contribution in [3.63, 3.8) is 0 Å². The van der Waals surface area contributed by atoms with Gasteiger partial charge in [0.15, 0.2) is 6.61 Å². The van der Waals surface area contributed by atoms with Gasteiger partial charge in [-0.25, -0.2) is 4.79 Å². The van der Waals surface area contributed by atoms with Crippen molar-refractivity contribution in [3.8, 4) is 5.75 Å². The Bertz CT molecular complexity index is 928. The van der Waals surface area contributed by atoms with E-state index in [1.807, 2.05) is 0 Å². The number of halogens is 3. The zero-order valence-corrected chi connectivity index (χ0v) is 17.9. The lowest BCUT2D eigenvalue weighted by Gasteiger charge is -2.33. The van der Waals surface area contributed by atoms with E-state index in [2.05, 4.69) is 22.3 Å². The maximum Gasteiger partial charge on any atom is 0.573 e. The lowest BCUT2D eigenvalue weighted by molar-refractivity contribution is -0.274. The highest BCUT2D eigenvalue weighted by Gasteiger charge is 2.52. The fourth-order valence-electron chi connectivity index (χ4n) is 3.85. The van der Waals surface area contributed by atoms with Crippen molar-refractivity contribution < 1.29 is 41.8 Å². The van der Waals surface area contributed by atoms with E-state index >= 15 is 0 Å². The zero-order valence-electron chi connectivity index (χ0n) is 17.9. The first-order valence-corrected chi connectivity index (χ1v) is 10.4. The maximum atomic E-state index is 12.7. The van der Waals surface area contributed by atoms with Crippen molar-refractivity contribution in [2.75, 3.05) is 13.2 Å². The van der Waals surface area contributed by atoms with Crippen LogP contribution >= 0.6 is 0 Å². The van der Waals surface area contributed by atoms with Crippen LogP contribution < -0.4 is 15.4 Å². The fourth-order valence-corrected chi connectivity index (χ4v) is 3.85. The van der Waals surface area contributed by atoms with E-state index in [-0.39, 0.29) is 12.1 Å². The number of nitrogens with zero attached hydrogens (tertiary/aromatic N) is 1. The molecule has 1 heterocycles. The molecule has 1 aliphatic heterocycles. The molecule has 12 heteroatoms. The van der Waals surface area contributed by atoms with E-state index in [1.165, 1.54) is 18.2 Å². The SMILES string of the molecule is CC1CCC2(CC1)NC(=O)N(CC(=O)OCC(=O)NCc1ccccc1OC(F)(F)F)C2=O. The van der Waals surface area contributed by atoms with Gasteiger partial charge in [-0.3, -0.25) is 19.3 Å². The average Bonchev–Trinajstić information content (AvgIpc) is 2.97. The number of amides is 4. The molecule has 1 saturated heterocycles. The number of imide groups is 1. The van der Waals surface area contributed by atoms with Gasteiger partial charge in [-0.1, -0.05) is 25.1 Å². The minimum absolute atomic E-state index is 0.0703. The number of alkyl halides is 3. The molecule has 0 aromatic heterocycles. The Balaban J connectivity index is 1.46. The number of hydrogen-bond donors (Lipinski definition) is 2. The van der Waals surface area contributed by atoms with Crippen molar-refractivity contribution >= 4 is 23.8 Å². The molecule has 1 aromatic rings. The molecule has 180 valence electrons. The molecule has 0 bridgehead atoms. The van der Waals surface area contributed by atoms with Gasteiger partial charge in [-0.05, 0) is 37.7 Å². The molecule has 0 atom stereocenters. The predicted molar refractivity (Wildman–Crippen MR) is 107 cm³/mol. The molecule has 0 radical (unpaired) electrons. The number of carbonyl (C=O) groups is 4. The Hall–Kier alpha value is -3.31. The summed E-state index contributed by atoms with van der Waals surface area (Å²) in [6.07, 6.45) is -2.34. The summed E-state index contributed by atoms with van der Waals surface area (Å²) in [7, 11) is 0. The number of hydrogen-bond acceptors (Lipinski definition) is 6. The largest absolute Gasteiger partial charge is 0.573 e. The Morgan fingerprint density at radius 3 is 2.55 bits per heavy atom. The quantitative estimate of drug-likeness (QED) is 0.466. The molecule has 9 nitrogen and oxygen atoms in total. The van der Waals surface area contributed by atoms with Gasteiger partial charge in [-0.15, -0.1) is 13.2 Å². The average molecular weight is 471 g/mol. The summed E-state index contributed by atoms with van der Waals surface area (Å²) in [4.78, 5) is 49.8. The van der Waals surface area contributed by atoms with Gasteiger partial charge >= 0.3 is 18.4 Å². The van der Waals surface area contributed by atoms with Gasteiger partial charge in [-0.2, -0.15) is 0 Å². The first-order chi connectivity index (χ1) is 15.5. The van der Waals surface area contributed by atoms with Gasteiger partial charge in [0.05, 0.1) is 0 Å². The van der Waals surface area contributed by atoms with Crippen molar-refractivity contribution in [3.05, 3.63) is 29.8 Å². The van der Waals surface area contributed by atoms with E-state index in [0.29, 0.717) is 18.8 Å². The first kappa shape index (κ1) is 24.3. The lowest BCUT2D eigenvalue weighted by atomic mass is 9.77. The summed E-state index contributed by atoms with van der Waals surface area (Å²) < 4.78 is 46.1. The number of benzene rings is 1. The standard InChI is InChI=1S/C21H24F3N3O6/c1-13-6-8-20(9-7-13)18(30)27(19(31)26-20)11-17(29)32-12-16(28)25-10-14-4-2-3-5-15(14)33-21(22,23)24/h2-5,13H,6-12H2,1H3,(H,25,28)(H,26,31). The van der Waals surface area contributed by atoms with Crippen LogP contribution in [-0.2, 0) is 25.7 Å². The number of carbonyl (C=O) groups excluding carboxylic acids is 4. The third-order valence-corrected chi connectivity index (χ3v) is 5.70. The molecular weight excluding hydrogens is 447 g/mol. The highest BCUT2D eigenvalue weighted by molar-refractivity contribution is 6.08. The first-order valence-electron chi connectivity index (χ1n) is 10.4. The molecule has 0 unspecified atom stereocenters.